The monoisotopic (exact) mass is 201 g/mol. The zero-order valence-electron chi connectivity index (χ0n) is 8.65. The van der Waals surface area contributed by atoms with Crippen LogP contribution in [0.2, 0.25) is 0 Å². The summed E-state index contributed by atoms with van der Waals surface area (Å²) < 4.78 is 2.08. The highest BCUT2D eigenvalue weighted by Crippen LogP contribution is 1.82. The van der Waals surface area contributed by atoms with Gasteiger partial charge < -0.3 is 5.41 Å². The van der Waals surface area contributed by atoms with Crippen LogP contribution in [0.5, 0.6) is 0 Å². The fraction of sp³-hybridized carbons (Fsp3) is 0.300. The third-order valence-electron chi connectivity index (χ3n) is 1.64. The molecule has 0 saturated carbocycles. The predicted octanol–water partition coefficient (Wildman–Crippen LogP) is 0.601. The second-order valence-electron chi connectivity index (χ2n) is 2.58. The molecule has 5 nitrogen and oxygen atoms in total. The van der Waals surface area contributed by atoms with Gasteiger partial charge in [0.2, 0.25) is 0 Å². The summed E-state index contributed by atoms with van der Waals surface area (Å²) in [6.07, 6.45) is 5.03. The lowest BCUT2D eigenvalue weighted by molar-refractivity contribution is -0.677. The number of imidazole rings is 1. The molecule has 1 heterocycles. The molecule has 1 rings (SSSR count). The van der Waals surface area contributed by atoms with Gasteiger partial charge in [0, 0.05) is 6.42 Å². The van der Waals surface area contributed by atoms with E-state index in [0.717, 1.165) is 6.42 Å². The van der Waals surface area contributed by atoms with Crippen LogP contribution in [0.15, 0.2) is 18.0 Å². The number of aromatic amines is 1. The molecule has 0 fully saturated rings. The first-order valence-corrected chi connectivity index (χ1v) is 4.28. The van der Waals surface area contributed by atoms with Crippen LogP contribution in [-0.4, -0.2) is 10.9 Å². The topological polar surface area (TPSA) is 89.5 Å². The molecule has 0 unspecified atom stereocenters. The molecule has 0 bridgehead atoms. The van der Waals surface area contributed by atoms with Crippen molar-refractivity contribution >= 4 is 5.87 Å². The Morgan fingerprint density at radius 1 is 1.53 bits per heavy atom. The maximum atomic E-state index is 7.79. The Bertz CT molecular complexity index is 421. The van der Waals surface area contributed by atoms with Gasteiger partial charge >= 0.3 is 0 Å². The minimum absolute atomic E-state index is 0.403. The molecule has 0 atom stereocenters. The summed E-state index contributed by atoms with van der Waals surface area (Å²) in [6, 6.07) is 2.79. The van der Waals surface area contributed by atoms with Gasteiger partial charge in [-0.1, -0.05) is 6.92 Å². The molecular formula is C10H11N5. The fourth-order valence-electron chi connectivity index (χ4n) is 0.864. The van der Waals surface area contributed by atoms with Crippen molar-refractivity contribution in [3.05, 3.63) is 29.2 Å². The lowest BCUT2D eigenvalue weighted by Crippen LogP contribution is -2.29. The number of aromatic nitrogens is 2. The summed E-state index contributed by atoms with van der Waals surface area (Å²) in [6.45, 7) is 2.13. The molecule has 0 spiro atoms. The smallest absolute Gasteiger partial charge is 0.253 e. The minimum atomic E-state index is -0.403. The quantitative estimate of drug-likeness (QED) is 0.409. The van der Waals surface area contributed by atoms with Crippen LogP contribution >= 0.6 is 0 Å². The normalized spacial score (nSPS) is 7.47. The molecule has 0 radical (unpaired) electrons. The van der Waals surface area contributed by atoms with Crippen LogP contribution < -0.4 is 4.57 Å². The van der Waals surface area contributed by atoms with Gasteiger partial charge in [0.25, 0.3) is 5.82 Å². The van der Waals surface area contributed by atoms with Crippen LogP contribution in [0.1, 0.15) is 12.7 Å². The van der Waals surface area contributed by atoms with Crippen molar-refractivity contribution in [2.24, 2.45) is 7.05 Å². The van der Waals surface area contributed by atoms with Gasteiger partial charge in [0.15, 0.2) is 0 Å². The van der Waals surface area contributed by atoms with E-state index < -0.39 is 5.57 Å². The van der Waals surface area contributed by atoms with Crippen LogP contribution in [0.4, 0.5) is 0 Å². The summed E-state index contributed by atoms with van der Waals surface area (Å²) in [7, 11) is 2.04. The maximum absolute atomic E-state index is 7.79. The SMILES string of the molecule is CCc1[nH]cc[n+]1C.N#CC(=C=[N-])C#N. The highest BCUT2D eigenvalue weighted by Gasteiger charge is 1.99. The highest BCUT2D eigenvalue weighted by atomic mass is 15.0. The molecule has 0 aliphatic heterocycles. The van der Waals surface area contributed by atoms with Crippen LogP contribution in [0, 0.1) is 22.7 Å². The maximum Gasteiger partial charge on any atom is 0.253 e. The molecule has 0 saturated heterocycles. The number of hydrogen-bond donors (Lipinski definition) is 1. The zero-order chi connectivity index (χ0) is 11.7. The molecule has 76 valence electrons. The number of H-pyrrole nitrogens is 1. The Balaban J connectivity index is 0.000000265. The molecule has 1 aromatic rings. The van der Waals surface area contributed by atoms with Crippen molar-refractivity contribution in [3.8, 4) is 12.1 Å². The lowest BCUT2D eigenvalue weighted by atomic mass is 10.4. The predicted molar refractivity (Wildman–Crippen MR) is 54.5 cm³/mol. The Morgan fingerprint density at radius 2 is 2.13 bits per heavy atom. The van der Waals surface area contributed by atoms with Crippen molar-refractivity contribution in [2.75, 3.05) is 0 Å². The summed E-state index contributed by atoms with van der Waals surface area (Å²) in [5.74, 6) is 2.66. The third kappa shape index (κ3) is 4.42. The number of nitrogens with zero attached hydrogens (tertiary/aromatic N) is 4. The van der Waals surface area contributed by atoms with Crippen molar-refractivity contribution in [3.63, 3.8) is 0 Å². The van der Waals surface area contributed by atoms with Gasteiger partial charge in [-0.2, -0.15) is 10.5 Å². The zero-order valence-corrected chi connectivity index (χ0v) is 8.65. The first kappa shape index (κ1) is 12.6. The average Bonchev–Trinajstić information content (AvgIpc) is 2.67. The highest BCUT2D eigenvalue weighted by molar-refractivity contribution is 5.71. The summed E-state index contributed by atoms with van der Waals surface area (Å²) in [4.78, 5) is 3.12. The van der Waals surface area contributed by atoms with Crippen molar-refractivity contribution < 1.29 is 4.57 Å². The third-order valence-corrected chi connectivity index (χ3v) is 1.64. The van der Waals surface area contributed by atoms with E-state index in [4.69, 9.17) is 15.9 Å². The molecule has 5 heteroatoms. The molecule has 0 aromatic carbocycles. The number of hydrogen-bond acceptors (Lipinski definition) is 2. The number of aryl methyl sites for hydroxylation is 2. The molecule has 15 heavy (non-hydrogen) atoms. The van der Waals surface area contributed by atoms with Crippen LogP contribution in [-0.2, 0) is 13.5 Å². The molecule has 0 aliphatic rings. The second-order valence-corrected chi connectivity index (χ2v) is 2.58. The van der Waals surface area contributed by atoms with E-state index in [-0.39, 0.29) is 0 Å². The van der Waals surface area contributed by atoms with Crippen molar-refractivity contribution in [1.29, 1.82) is 10.5 Å². The second kappa shape index (κ2) is 7.08. The van der Waals surface area contributed by atoms with Gasteiger partial charge in [0.05, 0.1) is 7.05 Å². The Labute approximate surface area is 88.4 Å². The number of allylic oxidation sites excluding steroid dienone is 1. The van der Waals surface area contributed by atoms with E-state index in [2.05, 4.69) is 16.5 Å². The summed E-state index contributed by atoms with van der Waals surface area (Å²) in [5.41, 5.74) is -0.403. The molecule has 1 N–H and O–H groups in total. The van der Waals surface area contributed by atoms with Crippen LogP contribution in [0.3, 0.4) is 0 Å². The van der Waals surface area contributed by atoms with E-state index in [9.17, 15) is 0 Å². The van der Waals surface area contributed by atoms with Gasteiger partial charge in [-0.05, 0) is 0 Å². The summed E-state index contributed by atoms with van der Waals surface area (Å²) >= 11 is 0. The largest absolute Gasteiger partial charge is 0.762 e. The fourth-order valence-corrected chi connectivity index (χ4v) is 0.864. The standard InChI is InChI=1S/C6H10N2.C4N3/c1-3-6-7-4-5-8(6)2;5-1-4(2-6)3-7/h4-5H,3H2,1-2H3;/q;-1/p+1. The number of rotatable bonds is 1. The van der Waals surface area contributed by atoms with Gasteiger partial charge in [-0.25, -0.2) is 15.4 Å². The number of nitrogens with one attached hydrogen (secondary N) is 1. The Hall–Kier alpha value is -2.36. The van der Waals surface area contributed by atoms with Crippen LogP contribution in [0.25, 0.3) is 5.41 Å². The van der Waals surface area contributed by atoms with Crippen molar-refractivity contribution in [1.82, 2.24) is 4.98 Å². The molecular weight excluding hydrogens is 190 g/mol. The van der Waals surface area contributed by atoms with E-state index in [0.29, 0.717) is 0 Å². The van der Waals surface area contributed by atoms with Gasteiger partial charge in [-0.3, -0.25) is 0 Å². The minimum Gasteiger partial charge on any atom is -0.762 e. The number of nitriles is 2. The van der Waals surface area contributed by atoms with E-state index in [1.807, 2.05) is 19.4 Å². The summed E-state index contributed by atoms with van der Waals surface area (Å²) in [5, 5.41) is 23.4. The van der Waals surface area contributed by atoms with Gasteiger partial charge in [-0.15, -0.1) is 0 Å². The molecule has 0 amide bonds. The average molecular weight is 201 g/mol. The van der Waals surface area contributed by atoms with Crippen molar-refractivity contribution in [2.45, 2.75) is 13.3 Å². The first-order valence-electron chi connectivity index (χ1n) is 4.28. The van der Waals surface area contributed by atoms with Gasteiger partial charge in [0.1, 0.15) is 30.1 Å². The van der Waals surface area contributed by atoms with E-state index in [1.165, 1.54) is 23.8 Å². The molecule has 0 aliphatic carbocycles. The Morgan fingerprint density at radius 3 is 2.27 bits per heavy atom. The Kier molecular flexibility index (Phi) is 5.97. The molecule has 1 aromatic heterocycles. The van der Waals surface area contributed by atoms with E-state index >= 15 is 0 Å². The first-order chi connectivity index (χ1) is 7.19. The van der Waals surface area contributed by atoms with E-state index in [1.54, 1.807) is 0 Å². The lowest BCUT2D eigenvalue weighted by Gasteiger charge is -1.83.